The second-order valence-corrected chi connectivity index (χ2v) is 4.93. The summed E-state index contributed by atoms with van der Waals surface area (Å²) in [4.78, 5) is 0. The minimum atomic E-state index is 0. The summed E-state index contributed by atoms with van der Waals surface area (Å²) in [6.45, 7) is 0.419. The third kappa shape index (κ3) is 12.8. The maximum absolute atomic E-state index is 8.54. The van der Waals surface area contributed by atoms with Crippen LogP contribution in [0.3, 0.4) is 0 Å². The quantitative estimate of drug-likeness (QED) is 0.575. The van der Waals surface area contributed by atoms with Gasteiger partial charge in [-0.1, -0.05) is 91.0 Å². The van der Waals surface area contributed by atoms with Crippen molar-refractivity contribution in [2.75, 3.05) is 0 Å². The molecule has 3 nitrogen and oxygen atoms in total. The standard InChI is InChI=1S/3C7H8O.ClH.Ti/c3*8-6-7-4-2-1-3-5-7;;/h3*1-5,8H,6H2;1H;. The van der Waals surface area contributed by atoms with E-state index in [1.165, 1.54) is 0 Å². The van der Waals surface area contributed by atoms with Gasteiger partial charge in [0.2, 0.25) is 0 Å². The number of hydrogen-bond acceptors (Lipinski definition) is 3. The molecule has 0 saturated carbocycles. The predicted molar refractivity (Wildman–Crippen MR) is 104 cm³/mol. The Hall–Kier alpha value is -1.46. The molecule has 0 saturated heterocycles. The first kappa shape index (κ1) is 26.8. The first-order valence-electron chi connectivity index (χ1n) is 7.74. The Morgan fingerprint density at radius 1 is 0.423 bits per heavy atom. The molecule has 0 aromatic heterocycles. The first-order valence-corrected chi connectivity index (χ1v) is 7.74. The van der Waals surface area contributed by atoms with E-state index in [-0.39, 0.29) is 53.9 Å². The van der Waals surface area contributed by atoms with Gasteiger partial charge in [0.1, 0.15) is 0 Å². The zero-order valence-corrected chi connectivity index (χ0v) is 16.9. The third-order valence-electron chi connectivity index (χ3n) is 3.08. The summed E-state index contributed by atoms with van der Waals surface area (Å²) < 4.78 is 0. The third-order valence-corrected chi connectivity index (χ3v) is 3.08. The zero-order valence-electron chi connectivity index (χ0n) is 14.5. The van der Waals surface area contributed by atoms with E-state index in [2.05, 4.69) is 0 Å². The van der Waals surface area contributed by atoms with Crippen LogP contribution in [0.5, 0.6) is 0 Å². The van der Waals surface area contributed by atoms with Crippen molar-refractivity contribution in [3.05, 3.63) is 108 Å². The van der Waals surface area contributed by atoms with Crippen LogP contribution < -0.4 is 0 Å². The molecule has 0 heterocycles. The van der Waals surface area contributed by atoms with Gasteiger partial charge in [-0.25, -0.2) is 0 Å². The summed E-state index contributed by atoms with van der Waals surface area (Å²) in [6.07, 6.45) is 0. The molecule has 3 aromatic carbocycles. The largest absolute Gasteiger partial charge is 0.392 e. The Morgan fingerprint density at radius 3 is 0.731 bits per heavy atom. The molecule has 3 N–H and O–H groups in total. The molecule has 0 amide bonds. The van der Waals surface area contributed by atoms with Crippen LogP contribution in [0.4, 0.5) is 0 Å². The number of rotatable bonds is 3. The normalized spacial score (nSPS) is 8.42. The van der Waals surface area contributed by atoms with E-state index >= 15 is 0 Å². The van der Waals surface area contributed by atoms with E-state index in [0.29, 0.717) is 0 Å². The van der Waals surface area contributed by atoms with Gasteiger partial charge < -0.3 is 15.3 Å². The number of benzene rings is 3. The second-order valence-electron chi connectivity index (χ2n) is 4.93. The molecule has 0 unspecified atom stereocenters. The molecule has 0 fully saturated rings. The molecular formula is C21H25ClO3Ti. The maximum Gasteiger partial charge on any atom is 0.0681 e. The molecule has 0 atom stereocenters. The maximum atomic E-state index is 8.54. The summed E-state index contributed by atoms with van der Waals surface area (Å²) >= 11 is 0. The van der Waals surface area contributed by atoms with Gasteiger partial charge in [0.25, 0.3) is 0 Å². The predicted octanol–water partition coefficient (Wildman–Crippen LogP) is 3.96. The minimum absolute atomic E-state index is 0. The van der Waals surface area contributed by atoms with Gasteiger partial charge in [0.15, 0.2) is 0 Å². The molecule has 0 aliphatic heterocycles. The van der Waals surface area contributed by atoms with Crippen molar-refractivity contribution in [3.8, 4) is 0 Å². The topological polar surface area (TPSA) is 60.7 Å². The molecule has 3 aromatic rings. The van der Waals surface area contributed by atoms with E-state index < -0.39 is 0 Å². The fourth-order valence-corrected chi connectivity index (χ4v) is 1.75. The molecule has 5 heteroatoms. The van der Waals surface area contributed by atoms with Crippen LogP contribution in [0.25, 0.3) is 0 Å². The van der Waals surface area contributed by atoms with E-state index in [9.17, 15) is 0 Å². The Kier molecular flexibility index (Phi) is 18.9. The van der Waals surface area contributed by atoms with Crippen molar-refractivity contribution in [2.24, 2.45) is 0 Å². The monoisotopic (exact) mass is 408 g/mol. The fourth-order valence-electron chi connectivity index (χ4n) is 1.75. The molecule has 0 spiro atoms. The summed E-state index contributed by atoms with van der Waals surface area (Å²) in [5, 5.41) is 25.6. The smallest absolute Gasteiger partial charge is 0.0681 e. The SMILES string of the molecule is Cl.OCc1ccccc1.OCc1ccccc1.OCc1ccccc1.[Ti]. The van der Waals surface area contributed by atoms with Crippen molar-refractivity contribution in [1.82, 2.24) is 0 Å². The van der Waals surface area contributed by atoms with Crippen LogP contribution in [0.15, 0.2) is 91.0 Å². The molecule has 26 heavy (non-hydrogen) atoms. The fraction of sp³-hybridized carbons (Fsp3) is 0.143. The molecule has 0 radical (unpaired) electrons. The first-order chi connectivity index (χ1) is 11.8. The molecule has 138 valence electrons. The number of aliphatic hydroxyl groups excluding tert-OH is 3. The number of halogens is 1. The van der Waals surface area contributed by atoms with Crippen molar-refractivity contribution >= 4 is 12.4 Å². The van der Waals surface area contributed by atoms with Crippen LogP contribution in [-0.4, -0.2) is 15.3 Å². The van der Waals surface area contributed by atoms with Crippen molar-refractivity contribution < 1.29 is 37.0 Å². The summed E-state index contributed by atoms with van der Waals surface area (Å²) in [6, 6.07) is 28.6. The average Bonchev–Trinajstić information content (AvgIpc) is 2.71. The summed E-state index contributed by atoms with van der Waals surface area (Å²) in [5.41, 5.74) is 2.90. The average molecular weight is 409 g/mol. The van der Waals surface area contributed by atoms with E-state index in [1.54, 1.807) is 0 Å². The molecule has 0 aliphatic rings. The van der Waals surface area contributed by atoms with Crippen LogP contribution in [0.1, 0.15) is 16.7 Å². The second kappa shape index (κ2) is 18.3. The van der Waals surface area contributed by atoms with Crippen molar-refractivity contribution in [2.45, 2.75) is 19.8 Å². The number of hydrogen-bond donors (Lipinski definition) is 3. The van der Waals surface area contributed by atoms with Crippen LogP contribution >= 0.6 is 12.4 Å². The molecule has 3 rings (SSSR count). The van der Waals surface area contributed by atoms with Crippen LogP contribution in [0.2, 0.25) is 0 Å². The van der Waals surface area contributed by atoms with Crippen LogP contribution in [-0.2, 0) is 41.5 Å². The van der Waals surface area contributed by atoms with Gasteiger partial charge in [-0.05, 0) is 16.7 Å². The Balaban J connectivity index is 0. The van der Waals surface area contributed by atoms with Gasteiger partial charge in [0, 0.05) is 21.7 Å². The van der Waals surface area contributed by atoms with E-state index in [0.717, 1.165) is 16.7 Å². The van der Waals surface area contributed by atoms with Gasteiger partial charge in [-0.15, -0.1) is 12.4 Å². The van der Waals surface area contributed by atoms with Gasteiger partial charge in [0.05, 0.1) is 19.8 Å². The molecule has 0 aliphatic carbocycles. The minimum Gasteiger partial charge on any atom is -0.392 e. The number of aliphatic hydroxyl groups is 3. The van der Waals surface area contributed by atoms with Crippen molar-refractivity contribution in [1.29, 1.82) is 0 Å². The van der Waals surface area contributed by atoms with Crippen LogP contribution in [0, 0.1) is 0 Å². The zero-order chi connectivity index (χ0) is 17.5. The summed E-state index contributed by atoms with van der Waals surface area (Å²) in [5.74, 6) is 0. The van der Waals surface area contributed by atoms with Crippen molar-refractivity contribution in [3.63, 3.8) is 0 Å². The Bertz CT molecular complexity index is 543. The Morgan fingerprint density at radius 2 is 0.615 bits per heavy atom. The van der Waals surface area contributed by atoms with Gasteiger partial charge in [-0.3, -0.25) is 0 Å². The molecular weight excluding hydrogens is 384 g/mol. The van der Waals surface area contributed by atoms with Gasteiger partial charge >= 0.3 is 0 Å². The van der Waals surface area contributed by atoms with E-state index in [1.807, 2.05) is 91.0 Å². The Labute approximate surface area is 176 Å². The van der Waals surface area contributed by atoms with Gasteiger partial charge in [-0.2, -0.15) is 0 Å². The van der Waals surface area contributed by atoms with E-state index in [4.69, 9.17) is 15.3 Å². The summed E-state index contributed by atoms with van der Waals surface area (Å²) in [7, 11) is 0. The molecule has 0 bridgehead atoms.